The summed E-state index contributed by atoms with van der Waals surface area (Å²) in [4.78, 5) is 23.0. The molecule has 0 amide bonds. The Labute approximate surface area is 96.3 Å². The molecular weight excluding hydrogens is 208 g/mol. The van der Waals surface area contributed by atoms with Crippen molar-refractivity contribution in [3.05, 3.63) is 0 Å². The number of rotatable bonds is 7. The predicted molar refractivity (Wildman–Crippen MR) is 59.4 cm³/mol. The Bertz CT molecular complexity index is 247. The first-order valence-corrected chi connectivity index (χ1v) is 5.44. The fourth-order valence-corrected chi connectivity index (χ4v) is 1.23. The molecule has 0 rings (SSSR count). The maximum atomic E-state index is 11.5. The summed E-state index contributed by atoms with van der Waals surface area (Å²) in [6, 6.07) is 0. The van der Waals surface area contributed by atoms with Crippen LogP contribution in [0.15, 0.2) is 0 Å². The number of ether oxygens (including phenoxy) is 2. The average molecular weight is 226 g/mol. The van der Waals surface area contributed by atoms with Gasteiger partial charge in [-0.2, -0.15) is 0 Å². The number of carbonyl (C=O) groups is 2. The minimum absolute atomic E-state index is 0.254. The Morgan fingerprint density at radius 1 is 1.19 bits per heavy atom. The van der Waals surface area contributed by atoms with Crippen molar-refractivity contribution in [2.75, 3.05) is 13.2 Å². The predicted octanol–water partition coefficient (Wildman–Crippen LogP) is 1.53. The molecular formula is C12H18O4. The molecule has 0 radical (unpaired) electrons. The lowest BCUT2D eigenvalue weighted by Gasteiger charge is -2.13. The number of hydrogen-bond donors (Lipinski definition) is 0. The van der Waals surface area contributed by atoms with Crippen molar-refractivity contribution >= 4 is 11.9 Å². The molecule has 0 unspecified atom stereocenters. The summed E-state index contributed by atoms with van der Waals surface area (Å²) in [6.07, 6.45) is 6.63. The van der Waals surface area contributed by atoms with Gasteiger partial charge >= 0.3 is 11.9 Å². The highest BCUT2D eigenvalue weighted by Gasteiger charge is 2.28. The monoisotopic (exact) mass is 226 g/mol. The Balaban J connectivity index is 4.32. The number of esters is 2. The molecule has 0 atom stereocenters. The molecule has 4 heteroatoms. The highest BCUT2D eigenvalue weighted by molar-refractivity contribution is 5.94. The van der Waals surface area contributed by atoms with E-state index in [1.807, 2.05) is 0 Å². The maximum absolute atomic E-state index is 11.5. The maximum Gasteiger partial charge on any atom is 0.320 e. The van der Waals surface area contributed by atoms with Crippen LogP contribution < -0.4 is 0 Å². The summed E-state index contributed by atoms with van der Waals surface area (Å²) < 4.78 is 9.62. The largest absolute Gasteiger partial charge is 0.465 e. The lowest BCUT2D eigenvalue weighted by molar-refractivity contribution is -0.161. The summed E-state index contributed by atoms with van der Waals surface area (Å²) in [5.41, 5.74) is 0. The van der Waals surface area contributed by atoms with Gasteiger partial charge in [0.15, 0.2) is 5.92 Å². The van der Waals surface area contributed by atoms with Gasteiger partial charge in [0.25, 0.3) is 0 Å². The molecule has 0 fully saturated rings. The van der Waals surface area contributed by atoms with E-state index in [2.05, 4.69) is 5.92 Å². The van der Waals surface area contributed by atoms with Gasteiger partial charge in [0, 0.05) is 6.42 Å². The lowest BCUT2D eigenvalue weighted by Crippen LogP contribution is -2.28. The molecule has 0 bridgehead atoms. The average Bonchev–Trinajstić information content (AvgIpc) is 2.25. The molecule has 4 nitrogen and oxygen atoms in total. The van der Waals surface area contributed by atoms with E-state index in [1.54, 1.807) is 13.8 Å². The van der Waals surface area contributed by atoms with E-state index in [1.165, 1.54) is 0 Å². The van der Waals surface area contributed by atoms with Crippen LogP contribution in [-0.2, 0) is 19.1 Å². The first-order chi connectivity index (χ1) is 7.67. The zero-order valence-electron chi connectivity index (χ0n) is 9.82. The highest BCUT2D eigenvalue weighted by Crippen LogP contribution is 2.12. The molecule has 0 heterocycles. The molecule has 0 aromatic heterocycles. The van der Waals surface area contributed by atoms with Crippen molar-refractivity contribution in [3.63, 3.8) is 0 Å². The fourth-order valence-electron chi connectivity index (χ4n) is 1.23. The van der Waals surface area contributed by atoms with Gasteiger partial charge in [0.1, 0.15) is 0 Å². The molecule has 0 aliphatic carbocycles. The zero-order chi connectivity index (χ0) is 12.4. The summed E-state index contributed by atoms with van der Waals surface area (Å²) in [5.74, 6) is 0.562. The van der Waals surface area contributed by atoms with Gasteiger partial charge in [-0.15, -0.1) is 12.3 Å². The summed E-state index contributed by atoms with van der Waals surface area (Å²) in [7, 11) is 0. The fraction of sp³-hybridized carbons (Fsp3) is 0.667. The van der Waals surface area contributed by atoms with Crippen LogP contribution >= 0.6 is 0 Å². The summed E-state index contributed by atoms with van der Waals surface area (Å²) >= 11 is 0. The van der Waals surface area contributed by atoms with Crippen molar-refractivity contribution in [1.82, 2.24) is 0 Å². The van der Waals surface area contributed by atoms with Gasteiger partial charge in [-0.1, -0.05) is 0 Å². The second-order valence-corrected chi connectivity index (χ2v) is 3.15. The van der Waals surface area contributed by atoms with Crippen LogP contribution in [0.2, 0.25) is 0 Å². The van der Waals surface area contributed by atoms with E-state index in [9.17, 15) is 9.59 Å². The SMILES string of the molecule is C#CCCCC(C(=O)OCC)C(=O)OCC. The van der Waals surface area contributed by atoms with Gasteiger partial charge in [-0.05, 0) is 26.7 Å². The van der Waals surface area contributed by atoms with Crippen LogP contribution in [0.3, 0.4) is 0 Å². The van der Waals surface area contributed by atoms with Crippen LogP contribution in [-0.4, -0.2) is 25.2 Å². The summed E-state index contributed by atoms with van der Waals surface area (Å²) in [5, 5.41) is 0. The van der Waals surface area contributed by atoms with E-state index < -0.39 is 17.9 Å². The molecule has 0 aliphatic heterocycles. The Hall–Kier alpha value is -1.50. The van der Waals surface area contributed by atoms with Crippen LogP contribution in [0.1, 0.15) is 33.1 Å². The van der Waals surface area contributed by atoms with Crippen LogP contribution in [0.4, 0.5) is 0 Å². The van der Waals surface area contributed by atoms with Crippen molar-refractivity contribution < 1.29 is 19.1 Å². The molecule has 0 aromatic carbocycles. The highest BCUT2D eigenvalue weighted by atomic mass is 16.6. The van der Waals surface area contributed by atoms with Crippen LogP contribution in [0.5, 0.6) is 0 Å². The van der Waals surface area contributed by atoms with E-state index in [-0.39, 0.29) is 13.2 Å². The minimum atomic E-state index is -0.840. The van der Waals surface area contributed by atoms with Crippen molar-refractivity contribution in [3.8, 4) is 12.3 Å². The third kappa shape index (κ3) is 5.40. The van der Waals surface area contributed by atoms with Gasteiger partial charge in [-0.25, -0.2) is 0 Å². The molecule has 0 N–H and O–H groups in total. The standard InChI is InChI=1S/C12H18O4/c1-4-7-8-9-10(11(13)15-5-2)12(14)16-6-3/h1,10H,5-9H2,2-3H3. The van der Waals surface area contributed by atoms with Crippen LogP contribution in [0, 0.1) is 18.3 Å². The summed E-state index contributed by atoms with van der Waals surface area (Å²) in [6.45, 7) is 3.90. The molecule has 0 spiro atoms. The van der Waals surface area contributed by atoms with Gasteiger partial charge < -0.3 is 9.47 Å². The van der Waals surface area contributed by atoms with E-state index in [4.69, 9.17) is 15.9 Å². The van der Waals surface area contributed by atoms with Gasteiger partial charge in [0.2, 0.25) is 0 Å². The Kier molecular flexibility index (Phi) is 7.96. The van der Waals surface area contributed by atoms with Gasteiger partial charge in [-0.3, -0.25) is 9.59 Å². The number of hydrogen-bond acceptors (Lipinski definition) is 4. The zero-order valence-corrected chi connectivity index (χ0v) is 9.82. The molecule has 0 aliphatic rings. The smallest absolute Gasteiger partial charge is 0.320 e. The molecule has 16 heavy (non-hydrogen) atoms. The topological polar surface area (TPSA) is 52.6 Å². The second kappa shape index (κ2) is 8.78. The Morgan fingerprint density at radius 2 is 1.69 bits per heavy atom. The van der Waals surface area contributed by atoms with E-state index >= 15 is 0 Å². The number of carbonyl (C=O) groups excluding carboxylic acids is 2. The molecule has 90 valence electrons. The quantitative estimate of drug-likeness (QED) is 0.286. The van der Waals surface area contributed by atoms with Crippen molar-refractivity contribution in [1.29, 1.82) is 0 Å². The van der Waals surface area contributed by atoms with E-state index in [0.717, 1.165) is 0 Å². The number of terminal acetylenes is 1. The van der Waals surface area contributed by atoms with E-state index in [0.29, 0.717) is 19.3 Å². The molecule has 0 saturated carbocycles. The van der Waals surface area contributed by atoms with Crippen molar-refractivity contribution in [2.45, 2.75) is 33.1 Å². The molecule has 0 aromatic rings. The first kappa shape index (κ1) is 14.5. The van der Waals surface area contributed by atoms with Gasteiger partial charge in [0.05, 0.1) is 13.2 Å². The second-order valence-electron chi connectivity index (χ2n) is 3.15. The lowest BCUT2D eigenvalue weighted by atomic mass is 10.0. The third-order valence-electron chi connectivity index (χ3n) is 1.96. The van der Waals surface area contributed by atoms with Crippen LogP contribution in [0.25, 0.3) is 0 Å². The molecule has 0 saturated heterocycles. The normalized spacial score (nSPS) is 9.62. The first-order valence-electron chi connectivity index (χ1n) is 5.44. The Morgan fingerprint density at radius 3 is 2.06 bits per heavy atom. The number of unbranched alkanes of at least 4 members (excludes halogenated alkanes) is 1. The minimum Gasteiger partial charge on any atom is -0.465 e. The van der Waals surface area contributed by atoms with Crippen molar-refractivity contribution in [2.24, 2.45) is 5.92 Å². The third-order valence-corrected chi connectivity index (χ3v) is 1.96.